The van der Waals surface area contributed by atoms with Crippen LogP contribution >= 0.6 is 0 Å². The Labute approximate surface area is 286 Å². The van der Waals surface area contributed by atoms with Gasteiger partial charge in [0, 0.05) is 32.7 Å². The van der Waals surface area contributed by atoms with Gasteiger partial charge in [0.25, 0.3) is 0 Å². The number of hydrogen-bond donors (Lipinski definition) is 1. The minimum Gasteiger partial charge on any atom is -0.497 e. The maximum atomic E-state index is 13.1. The van der Waals surface area contributed by atoms with Crippen LogP contribution in [0.4, 0.5) is 13.2 Å². The summed E-state index contributed by atoms with van der Waals surface area (Å²) >= 11 is 0. The molecule has 0 saturated carbocycles. The third-order valence-electron chi connectivity index (χ3n) is 9.61. The molecule has 1 unspecified atom stereocenters. The summed E-state index contributed by atoms with van der Waals surface area (Å²) in [6.07, 6.45) is 0.664. The van der Waals surface area contributed by atoms with Crippen LogP contribution in [0.25, 0.3) is 0 Å². The lowest BCUT2D eigenvalue weighted by molar-refractivity contribution is -0.137. The molecule has 0 aromatic heterocycles. The Kier molecular flexibility index (Phi) is 12.1. The van der Waals surface area contributed by atoms with Crippen molar-refractivity contribution in [2.24, 2.45) is 5.92 Å². The van der Waals surface area contributed by atoms with Crippen LogP contribution in [0.2, 0.25) is 0 Å². The number of rotatable bonds is 8. The molecule has 1 atom stereocenters. The van der Waals surface area contributed by atoms with Crippen molar-refractivity contribution in [2.45, 2.75) is 51.1 Å². The zero-order valence-corrected chi connectivity index (χ0v) is 28.5. The van der Waals surface area contributed by atoms with E-state index in [9.17, 15) is 22.8 Å². The van der Waals surface area contributed by atoms with Crippen molar-refractivity contribution in [3.05, 3.63) is 88.0 Å². The smallest absolute Gasteiger partial charge is 0.416 e. The highest BCUT2D eigenvalue weighted by molar-refractivity contribution is 5.80. The van der Waals surface area contributed by atoms with Gasteiger partial charge in [-0.2, -0.15) is 13.2 Å². The van der Waals surface area contributed by atoms with Crippen molar-refractivity contribution in [2.75, 3.05) is 60.6 Å². The molecule has 0 aliphatic carbocycles. The van der Waals surface area contributed by atoms with E-state index in [4.69, 9.17) is 14.2 Å². The summed E-state index contributed by atoms with van der Waals surface area (Å²) in [5.41, 5.74) is 4.21. The second-order valence-corrected chi connectivity index (χ2v) is 12.9. The number of nitrogens with one attached hydrogen (secondary N) is 1. The predicted molar refractivity (Wildman–Crippen MR) is 181 cm³/mol. The number of nitrogens with zero attached hydrogens (tertiary/aromatic N) is 2. The van der Waals surface area contributed by atoms with Crippen LogP contribution in [0.1, 0.15) is 46.2 Å². The fraction of sp³-hybridized carbons (Fsp3) is 0.474. The predicted octanol–water partition coefficient (Wildman–Crippen LogP) is 5.51. The van der Waals surface area contributed by atoms with Crippen LogP contribution in [0, 0.1) is 5.92 Å². The maximum absolute atomic E-state index is 13.1. The lowest BCUT2D eigenvalue weighted by Gasteiger charge is -2.35. The fourth-order valence-electron chi connectivity index (χ4n) is 6.90. The maximum Gasteiger partial charge on any atom is 0.416 e. The van der Waals surface area contributed by atoms with Gasteiger partial charge in [-0.1, -0.05) is 18.2 Å². The summed E-state index contributed by atoms with van der Waals surface area (Å²) in [7, 11) is 4.91. The van der Waals surface area contributed by atoms with Gasteiger partial charge in [-0.05, 0) is 109 Å². The van der Waals surface area contributed by atoms with Gasteiger partial charge >= 0.3 is 6.18 Å². The molecule has 49 heavy (non-hydrogen) atoms. The van der Waals surface area contributed by atoms with Crippen molar-refractivity contribution in [3.8, 4) is 17.2 Å². The molecule has 1 N–H and O–H groups in total. The van der Waals surface area contributed by atoms with Crippen LogP contribution in [-0.2, 0) is 47.9 Å². The van der Waals surface area contributed by atoms with E-state index in [-0.39, 0.29) is 18.2 Å². The zero-order chi connectivity index (χ0) is 35.0. The van der Waals surface area contributed by atoms with E-state index in [1.807, 2.05) is 35.2 Å². The number of carbonyl (C=O) groups excluding carboxylic acids is 2. The first-order chi connectivity index (χ1) is 23.6. The second-order valence-electron chi connectivity index (χ2n) is 12.9. The Morgan fingerprint density at radius 2 is 1.57 bits per heavy atom. The number of piperidine rings is 1. The average Bonchev–Trinajstić information content (AvgIpc) is 3.38. The van der Waals surface area contributed by atoms with E-state index in [0.29, 0.717) is 48.7 Å². The van der Waals surface area contributed by atoms with Crippen LogP contribution in [-0.4, -0.2) is 82.2 Å². The topological polar surface area (TPSA) is 80.3 Å². The molecule has 0 spiro atoms. The molecule has 8 nitrogen and oxygen atoms in total. The van der Waals surface area contributed by atoms with Crippen LogP contribution in [0.15, 0.2) is 54.6 Å². The van der Waals surface area contributed by atoms with Crippen molar-refractivity contribution < 1.29 is 37.0 Å². The first kappa shape index (κ1) is 36.0. The molecule has 3 aliphatic rings. The van der Waals surface area contributed by atoms with E-state index in [0.717, 1.165) is 75.0 Å². The van der Waals surface area contributed by atoms with Gasteiger partial charge in [-0.25, -0.2) is 0 Å². The van der Waals surface area contributed by atoms with E-state index < -0.39 is 11.7 Å². The summed E-state index contributed by atoms with van der Waals surface area (Å²) in [6.45, 7) is 4.72. The Hall–Kier alpha value is -4.25. The number of likely N-dealkylation sites (tertiary alicyclic amines) is 1. The first-order valence-electron chi connectivity index (χ1n) is 16.9. The minimum absolute atomic E-state index is 0.00552. The molecular weight excluding hydrogens is 635 g/mol. The molecule has 3 aliphatic heterocycles. The molecule has 3 heterocycles. The number of hydrogen-bond acceptors (Lipinski definition) is 6. The number of alkyl halides is 3. The third kappa shape index (κ3) is 9.68. The number of benzene rings is 3. The standard InChI is InChI=1S/C27H33F3N2O3.C11H13NO2/c1-34-24-8-5-19(14-25(24)35-2)9-12-31-11-3-4-20(17-31)18-32-13-10-22-15-23(27(28,29)30)7-6-21(22)16-26(32)33;1-14-10-3-2-8-7-11(13)12-5-4-9(8)6-10/h5-8,14-15,20H,3-4,9-13,16-18H2,1-2H3;2-3,6H,4-5,7H2,1H3,(H,12,13). The zero-order valence-electron chi connectivity index (χ0n) is 28.5. The molecular formula is C38H46F3N3O5. The molecule has 2 amide bonds. The molecule has 1 saturated heterocycles. The average molecular weight is 682 g/mol. The number of methoxy groups -OCH3 is 3. The van der Waals surface area contributed by atoms with Crippen molar-refractivity contribution in [3.63, 3.8) is 0 Å². The Morgan fingerprint density at radius 3 is 2.33 bits per heavy atom. The number of amides is 2. The summed E-state index contributed by atoms with van der Waals surface area (Å²) < 4.78 is 55.2. The molecule has 3 aromatic rings. The van der Waals surface area contributed by atoms with Crippen molar-refractivity contribution in [1.29, 1.82) is 0 Å². The largest absolute Gasteiger partial charge is 0.497 e. The summed E-state index contributed by atoms with van der Waals surface area (Å²) in [5.74, 6) is 2.78. The monoisotopic (exact) mass is 681 g/mol. The fourth-order valence-corrected chi connectivity index (χ4v) is 6.90. The highest BCUT2D eigenvalue weighted by atomic mass is 19.4. The number of fused-ring (bicyclic) bond motifs is 2. The van der Waals surface area contributed by atoms with Gasteiger partial charge < -0.3 is 29.3 Å². The van der Waals surface area contributed by atoms with Gasteiger partial charge in [0.1, 0.15) is 5.75 Å². The van der Waals surface area contributed by atoms with Gasteiger partial charge in [0.05, 0.1) is 39.7 Å². The van der Waals surface area contributed by atoms with E-state index in [2.05, 4.69) is 16.3 Å². The molecule has 3 aromatic carbocycles. The minimum atomic E-state index is -4.37. The molecule has 11 heteroatoms. The number of ether oxygens (including phenoxy) is 3. The molecule has 0 radical (unpaired) electrons. The molecule has 1 fully saturated rings. The third-order valence-corrected chi connectivity index (χ3v) is 9.61. The van der Waals surface area contributed by atoms with Crippen LogP contribution in [0.5, 0.6) is 17.2 Å². The highest BCUT2D eigenvalue weighted by Crippen LogP contribution is 2.32. The van der Waals surface area contributed by atoms with Crippen LogP contribution < -0.4 is 19.5 Å². The Balaban J connectivity index is 0.000000278. The summed E-state index contributed by atoms with van der Waals surface area (Å²) in [6, 6.07) is 15.6. The number of halogens is 3. The van der Waals surface area contributed by atoms with Gasteiger partial charge in [0.2, 0.25) is 11.8 Å². The first-order valence-corrected chi connectivity index (χ1v) is 16.9. The molecule has 0 bridgehead atoms. The van der Waals surface area contributed by atoms with E-state index in [1.54, 1.807) is 21.3 Å². The highest BCUT2D eigenvalue weighted by Gasteiger charge is 2.32. The van der Waals surface area contributed by atoms with Crippen molar-refractivity contribution in [1.82, 2.24) is 15.1 Å². The summed E-state index contributed by atoms with van der Waals surface area (Å²) in [5, 5.41) is 2.85. The van der Waals surface area contributed by atoms with Gasteiger partial charge in [-0.3, -0.25) is 9.59 Å². The SMILES string of the molecule is COc1ccc(CCN2CCCC(CN3CCc4cc(C(F)(F)F)ccc4CC3=O)C2)cc1OC.COc1ccc2c(c1)CCNC(=O)C2. The molecule has 264 valence electrons. The Bertz CT molecular complexity index is 1610. The van der Waals surface area contributed by atoms with Crippen molar-refractivity contribution >= 4 is 11.8 Å². The second kappa shape index (κ2) is 16.4. The van der Waals surface area contributed by atoms with Crippen LogP contribution in [0.3, 0.4) is 0 Å². The summed E-state index contributed by atoms with van der Waals surface area (Å²) in [4.78, 5) is 28.5. The normalized spacial score (nSPS) is 18.2. The van der Waals surface area contributed by atoms with E-state index in [1.165, 1.54) is 23.3 Å². The Morgan fingerprint density at radius 1 is 0.816 bits per heavy atom. The quantitative estimate of drug-likeness (QED) is 0.338. The van der Waals surface area contributed by atoms with Gasteiger partial charge in [-0.15, -0.1) is 0 Å². The van der Waals surface area contributed by atoms with Gasteiger partial charge in [0.15, 0.2) is 11.5 Å². The lowest BCUT2D eigenvalue weighted by Crippen LogP contribution is -2.44. The number of carbonyl (C=O) groups is 2. The lowest BCUT2D eigenvalue weighted by atomic mass is 9.96. The molecule has 6 rings (SSSR count). The van der Waals surface area contributed by atoms with E-state index >= 15 is 0 Å².